The average Bonchev–Trinajstić information content (AvgIpc) is 3.41. The monoisotopic (exact) mass is 494 g/mol. The van der Waals surface area contributed by atoms with E-state index in [1.54, 1.807) is 29.7 Å². The molecule has 8 atom stereocenters. The first-order valence-electron chi connectivity index (χ1n) is 12.9. The van der Waals surface area contributed by atoms with Crippen LogP contribution in [0.5, 0.6) is 0 Å². The van der Waals surface area contributed by atoms with Crippen LogP contribution in [0, 0.1) is 23.7 Å². The second-order valence-electron chi connectivity index (χ2n) is 10.1. The Labute approximate surface area is 208 Å². The Hall–Kier alpha value is -1.54. The maximum atomic E-state index is 14.3. The number of nitrogens with zero attached hydrogens (tertiary/aromatic N) is 2. The molecule has 34 heavy (non-hydrogen) atoms. The SMILES string of the molecule is C=CCN(CCCC)C(=O)C1N([C@@H](CO)[C@@H](C)CC)C(=O)[C@@H]2[C@@H](C(=O)OCC)[C@H]3CC(C)C12S3. The van der Waals surface area contributed by atoms with Crippen molar-refractivity contribution in [2.45, 2.75) is 82.4 Å². The van der Waals surface area contributed by atoms with E-state index < -0.39 is 28.7 Å². The van der Waals surface area contributed by atoms with E-state index in [2.05, 4.69) is 20.4 Å². The molecule has 3 unspecified atom stereocenters. The minimum Gasteiger partial charge on any atom is -0.466 e. The number of rotatable bonds is 12. The van der Waals surface area contributed by atoms with Crippen LogP contribution in [-0.2, 0) is 19.1 Å². The normalized spacial score (nSPS) is 33.5. The number of fused-ring (bicyclic) bond motifs is 1. The fourth-order valence-corrected chi connectivity index (χ4v) is 8.78. The molecule has 3 aliphatic rings. The van der Waals surface area contributed by atoms with Crippen LogP contribution in [-0.4, -0.2) is 81.1 Å². The molecule has 3 aliphatic heterocycles. The van der Waals surface area contributed by atoms with Gasteiger partial charge in [0.05, 0.1) is 35.8 Å². The predicted molar refractivity (Wildman–Crippen MR) is 134 cm³/mol. The highest BCUT2D eigenvalue weighted by molar-refractivity contribution is 8.02. The number of hydrogen-bond acceptors (Lipinski definition) is 6. The summed E-state index contributed by atoms with van der Waals surface area (Å²) in [5, 5.41) is 10.4. The molecule has 2 bridgehead atoms. The molecule has 192 valence electrons. The molecule has 3 heterocycles. The standard InChI is InChI=1S/C26H42N2O5S/c1-7-11-13-27(12-8-2)24(31)22-26-17(6)14-19(34-26)20(25(32)33-10-4)21(26)23(30)28(22)18(15-29)16(5)9-3/h8,16-22,29H,2,7,9-15H2,1,3-6H3/t16-,17?,18-,19+,20-,21-,22?,26?/m0/s1. The molecule has 0 saturated carbocycles. The molecule has 0 aromatic heterocycles. The largest absolute Gasteiger partial charge is 0.466 e. The van der Waals surface area contributed by atoms with Crippen LogP contribution in [0.2, 0.25) is 0 Å². The Kier molecular flexibility index (Phi) is 8.77. The number of unbranched alkanes of at least 4 members (excludes halogenated alkanes) is 1. The van der Waals surface area contributed by atoms with E-state index in [1.807, 2.05) is 18.7 Å². The molecule has 0 radical (unpaired) electrons. The van der Waals surface area contributed by atoms with Crippen molar-refractivity contribution in [1.29, 1.82) is 0 Å². The highest BCUT2D eigenvalue weighted by Crippen LogP contribution is 2.69. The van der Waals surface area contributed by atoms with E-state index in [1.165, 1.54) is 0 Å². The Morgan fingerprint density at radius 3 is 2.65 bits per heavy atom. The molecular weight excluding hydrogens is 452 g/mol. The zero-order valence-electron chi connectivity index (χ0n) is 21.4. The van der Waals surface area contributed by atoms with E-state index in [9.17, 15) is 19.5 Å². The van der Waals surface area contributed by atoms with Crippen molar-refractivity contribution in [1.82, 2.24) is 9.80 Å². The smallest absolute Gasteiger partial charge is 0.310 e. The molecule has 0 aromatic carbocycles. The molecular formula is C26H42N2O5S. The summed E-state index contributed by atoms with van der Waals surface area (Å²) in [5.41, 5.74) is 0. The fraction of sp³-hybridized carbons (Fsp3) is 0.808. The van der Waals surface area contributed by atoms with Gasteiger partial charge in [-0.3, -0.25) is 14.4 Å². The molecule has 3 fully saturated rings. The molecule has 0 aliphatic carbocycles. The highest BCUT2D eigenvalue weighted by Gasteiger charge is 2.77. The summed E-state index contributed by atoms with van der Waals surface area (Å²) in [6, 6.07) is -1.18. The fourth-order valence-electron chi connectivity index (χ4n) is 6.39. The Morgan fingerprint density at radius 1 is 1.38 bits per heavy atom. The van der Waals surface area contributed by atoms with Crippen molar-refractivity contribution in [3.05, 3.63) is 12.7 Å². The summed E-state index contributed by atoms with van der Waals surface area (Å²) in [6.07, 6.45) is 5.09. The first kappa shape index (κ1) is 27.1. The number of esters is 1. The van der Waals surface area contributed by atoms with Gasteiger partial charge < -0.3 is 19.6 Å². The molecule has 1 N–H and O–H groups in total. The van der Waals surface area contributed by atoms with Crippen LogP contribution >= 0.6 is 11.8 Å². The third-order valence-corrected chi connectivity index (χ3v) is 10.3. The van der Waals surface area contributed by atoms with Crippen LogP contribution in [0.3, 0.4) is 0 Å². The lowest BCUT2D eigenvalue weighted by Gasteiger charge is -2.43. The van der Waals surface area contributed by atoms with Crippen LogP contribution in [0.1, 0.15) is 60.3 Å². The number of likely N-dealkylation sites (tertiary alicyclic amines) is 1. The maximum Gasteiger partial charge on any atom is 0.310 e. The number of aliphatic hydroxyl groups excluding tert-OH is 1. The molecule has 7 nitrogen and oxygen atoms in total. The van der Waals surface area contributed by atoms with E-state index >= 15 is 0 Å². The van der Waals surface area contributed by atoms with Gasteiger partial charge >= 0.3 is 5.97 Å². The predicted octanol–water partition coefficient (Wildman–Crippen LogP) is 3.11. The van der Waals surface area contributed by atoms with Crippen molar-refractivity contribution in [2.75, 3.05) is 26.3 Å². The number of carbonyl (C=O) groups excluding carboxylic acids is 3. The van der Waals surface area contributed by atoms with Gasteiger partial charge in [0.2, 0.25) is 11.8 Å². The van der Waals surface area contributed by atoms with Gasteiger partial charge in [-0.2, -0.15) is 0 Å². The van der Waals surface area contributed by atoms with E-state index in [4.69, 9.17) is 4.74 Å². The lowest BCUT2D eigenvalue weighted by molar-refractivity contribution is -0.154. The van der Waals surface area contributed by atoms with E-state index in [0.29, 0.717) is 13.1 Å². The molecule has 8 heteroatoms. The van der Waals surface area contributed by atoms with Crippen molar-refractivity contribution >= 4 is 29.5 Å². The van der Waals surface area contributed by atoms with Crippen molar-refractivity contribution in [3.8, 4) is 0 Å². The number of carbonyl (C=O) groups is 3. The average molecular weight is 495 g/mol. The minimum atomic E-state index is -0.711. The highest BCUT2D eigenvalue weighted by atomic mass is 32.2. The molecule has 3 saturated heterocycles. The van der Waals surface area contributed by atoms with Crippen LogP contribution in [0.4, 0.5) is 0 Å². The molecule has 0 aromatic rings. The lowest BCUT2D eigenvalue weighted by atomic mass is 9.66. The molecule has 1 spiro atoms. The number of ether oxygens (including phenoxy) is 1. The maximum absolute atomic E-state index is 14.3. The summed E-state index contributed by atoms with van der Waals surface area (Å²) in [6.45, 7) is 14.9. The summed E-state index contributed by atoms with van der Waals surface area (Å²) < 4.78 is 4.72. The minimum absolute atomic E-state index is 0.0153. The number of aliphatic hydroxyl groups is 1. The number of amides is 2. The van der Waals surface area contributed by atoms with Crippen LogP contribution in [0.15, 0.2) is 12.7 Å². The summed E-state index contributed by atoms with van der Waals surface area (Å²) in [4.78, 5) is 45.0. The zero-order chi connectivity index (χ0) is 25.2. The van der Waals surface area contributed by atoms with E-state index in [-0.39, 0.29) is 48.1 Å². The molecule has 2 amide bonds. The van der Waals surface area contributed by atoms with Crippen LogP contribution < -0.4 is 0 Å². The summed E-state index contributed by atoms with van der Waals surface area (Å²) >= 11 is 1.65. The van der Waals surface area contributed by atoms with Gasteiger partial charge in [0.25, 0.3) is 0 Å². The van der Waals surface area contributed by atoms with Gasteiger partial charge in [0, 0.05) is 18.3 Å². The van der Waals surface area contributed by atoms with Gasteiger partial charge in [-0.25, -0.2) is 0 Å². The van der Waals surface area contributed by atoms with Gasteiger partial charge in [-0.05, 0) is 31.6 Å². The number of thioether (sulfide) groups is 1. The quantitative estimate of drug-likeness (QED) is 0.331. The van der Waals surface area contributed by atoms with Gasteiger partial charge in [0.1, 0.15) is 6.04 Å². The summed E-state index contributed by atoms with van der Waals surface area (Å²) in [5.74, 6) is -1.64. The Morgan fingerprint density at radius 2 is 2.09 bits per heavy atom. The third kappa shape index (κ3) is 4.19. The first-order valence-corrected chi connectivity index (χ1v) is 13.8. The van der Waals surface area contributed by atoms with Gasteiger partial charge in [-0.1, -0.05) is 46.6 Å². The van der Waals surface area contributed by atoms with Crippen LogP contribution in [0.25, 0.3) is 0 Å². The van der Waals surface area contributed by atoms with E-state index in [0.717, 1.165) is 25.7 Å². The van der Waals surface area contributed by atoms with Gasteiger partial charge in [0.15, 0.2) is 0 Å². The topological polar surface area (TPSA) is 87.2 Å². The Bertz CT molecular complexity index is 791. The lowest BCUT2D eigenvalue weighted by Crippen LogP contribution is -2.60. The van der Waals surface area contributed by atoms with Gasteiger partial charge in [-0.15, -0.1) is 18.3 Å². The molecule has 3 rings (SSSR count). The number of hydrogen-bond donors (Lipinski definition) is 1. The second kappa shape index (κ2) is 11.0. The third-order valence-electron chi connectivity index (χ3n) is 8.26. The van der Waals surface area contributed by atoms with Crippen molar-refractivity contribution in [3.63, 3.8) is 0 Å². The first-order chi connectivity index (χ1) is 16.2. The zero-order valence-corrected chi connectivity index (χ0v) is 22.2. The second-order valence-corrected chi connectivity index (χ2v) is 11.7. The van der Waals surface area contributed by atoms with Crippen molar-refractivity contribution < 1.29 is 24.2 Å². The summed E-state index contributed by atoms with van der Waals surface area (Å²) in [7, 11) is 0. The Balaban J connectivity index is 2.13. The van der Waals surface area contributed by atoms with Crippen molar-refractivity contribution in [2.24, 2.45) is 23.7 Å².